The summed E-state index contributed by atoms with van der Waals surface area (Å²) in [5, 5.41) is 0.631. The minimum Gasteiger partial charge on any atom is -0.444 e. The van der Waals surface area contributed by atoms with Gasteiger partial charge in [-0.05, 0) is 32.4 Å². The molecule has 24 heavy (non-hydrogen) atoms. The van der Waals surface area contributed by atoms with Gasteiger partial charge in [-0.2, -0.15) is 0 Å². The van der Waals surface area contributed by atoms with E-state index in [2.05, 4.69) is 0 Å². The second-order valence-corrected chi connectivity index (χ2v) is 7.68. The zero-order valence-electron chi connectivity index (χ0n) is 14.4. The third kappa shape index (κ3) is 3.68. The molecular formula is C18H24ClNO4. The molecule has 6 heteroatoms. The average Bonchev–Trinajstić information content (AvgIpc) is 2.94. The van der Waals surface area contributed by atoms with Crippen molar-refractivity contribution in [1.29, 1.82) is 0 Å². The Morgan fingerprint density at radius 1 is 1.29 bits per heavy atom. The number of carbonyl (C=O) groups is 1. The molecule has 1 spiro atoms. The highest BCUT2D eigenvalue weighted by Crippen LogP contribution is 2.43. The van der Waals surface area contributed by atoms with E-state index < -0.39 is 11.4 Å². The van der Waals surface area contributed by atoms with E-state index in [4.69, 9.17) is 25.8 Å². The van der Waals surface area contributed by atoms with Crippen LogP contribution in [0.3, 0.4) is 0 Å². The number of hydrogen-bond donors (Lipinski definition) is 0. The Morgan fingerprint density at radius 3 is 2.58 bits per heavy atom. The molecule has 1 unspecified atom stereocenters. The smallest absolute Gasteiger partial charge is 0.410 e. The van der Waals surface area contributed by atoms with E-state index in [0.717, 1.165) is 5.56 Å². The Bertz CT molecular complexity index is 607. The number of halogens is 1. The van der Waals surface area contributed by atoms with E-state index in [1.165, 1.54) is 0 Å². The molecule has 1 amide bonds. The molecule has 0 radical (unpaired) electrons. The van der Waals surface area contributed by atoms with Crippen molar-refractivity contribution >= 4 is 17.7 Å². The first-order valence-electron chi connectivity index (χ1n) is 8.32. The van der Waals surface area contributed by atoms with Gasteiger partial charge in [-0.15, -0.1) is 0 Å². The highest BCUT2D eigenvalue weighted by atomic mass is 35.5. The van der Waals surface area contributed by atoms with Crippen molar-refractivity contribution in [3.05, 3.63) is 34.9 Å². The molecule has 0 saturated carbocycles. The standard InChI is InChI=1S/C18H24ClNO4/c1-17(2,3)24-16(21)20-9-8-18(22-10-11-23-18)12-15(20)13-6-4-5-7-14(13)19/h4-7,15H,8-12H2,1-3H3. The lowest BCUT2D eigenvalue weighted by Crippen LogP contribution is -2.50. The fraction of sp³-hybridized carbons (Fsp3) is 0.611. The van der Waals surface area contributed by atoms with Gasteiger partial charge in [0, 0.05) is 24.4 Å². The number of carbonyl (C=O) groups excluding carboxylic acids is 1. The lowest BCUT2D eigenvalue weighted by molar-refractivity contribution is -0.195. The third-order valence-electron chi connectivity index (χ3n) is 4.32. The summed E-state index contributed by atoms with van der Waals surface area (Å²) in [5.41, 5.74) is 0.348. The number of piperidine rings is 1. The van der Waals surface area contributed by atoms with Crippen LogP contribution in [0.1, 0.15) is 45.2 Å². The summed E-state index contributed by atoms with van der Waals surface area (Å²) >= 11 is 6.40. The van der Waals surface area contributed by atoms with Gasteiger partial charge in [-0.25, -0.2) is 4.79 Å². The van der Waals surface area contributed by atoms with Crippen LogP contribution in [0.15, 0.2) is 24.3 Å². The van der Waals surface area contributed by atoms with Crippen molar-refractivity contribution in [2.75, 3.05) is 19.8 Å². The van der Waals surface area contributed by atoms with Crippen molar-refractivity contribution < 1.29 is 19.0 Å². The molecule has 5 nitrogen and oxygen atoms in total. The zero-order chi connectivity index (χ0) is 17.4. The molecule has 2 fully saturated rings. The van der Waals surface area contributed by atoms with Crippen LogP contribution in [0.2, 0.25) is 5.02 Å². The summed E-state index contributed by atoms with van der Waals surface area (Å²) in [4.78, 5) is 14.4. The number of ether oxygens (including phenoxy) is 3. The summed E-state index contributed by atoms with van der Waals surface area (Å²) in [7, 11) is 0. The van der Waals surface area contributed by atoms with Gasteiger partial charge in [0.2, 0.25) is 0 Å². The van der Waals surface area contributed by atoms with Crippen LogP contribution in [0.4, 0.5) is 4.79 Å². The van der Waals surface area contributed by atoms with Gasteiger partial charge in [0.1, 0.15) is 5.60 Å². The van der Waals surface area contributed by atoms with Crippen LogP contribution < -0.4 is 0 Å². The van der Waals surface area contributed by atoms with E-state index >= 15 is 0 Å². The Morgan fingerprint density at radius 2 is 1.96 bits per heavy atom. The van der Waals surface area contributed by atoms with Gasteiger partial charge < -0.3 is 19.1 Å². The Balaban J connectivity index is 1.89. The first kappa shape index (κ1) is 17.5. The number of nitrogens with zero attached hydrogens (tertiary/aromatic N) is 1. The lowest BCUT2D eigenvalue weighted by atomic mass is 9.91. The molecule has 1 aromatic carbocycles. The second-order valence-electron chi connectivity index (χ2n) is 7.27. The number of rotatable bonds is 1. The van der Waals surface area contributed by atoms with Crippen LogP contribution in [-0.2, 0) is 14.2 Å². The monoisotopic (exact) mass is 353 g/mol. The molecule has 0 aliphatic carbocycles. The molecule has 1 atom stereocenters. The number of hydrogen-bond acceptors (Lipinski definition) is 4. The van der Waals surface area contributed by atoms with Crippen LogP contribution in [0, 0.1) is 0 Å². The number of likely N-dealkylation sites (tertiary alicyclic amines) is 1. The molecule has 2 heterocycles. The zero-order valence-corrected chi connectivity index (χ0v) is 15.1. The van der Waals surface area contributed by atoms with Gasteiger partial charge >= 0.3 is 6.09 Å². The normalized spacial score (nSPS) is 23.5. The number of amides is 1. The van der Waals surface area contributed by atoms with Crippen LogP contribution in [-0.4, -0.2) is 42.1 Å². The first-order valence-corrected chi connectivity index (χ1v) is 8.69. The maximum atomic E-state index is 12.7. The molecule has 1 aromatic rings. The van der Waals surface area contributed by atoms with Crippen LogP contribution in [0.5, 0.6) is 0 Å². The second kappa shape index (κ2) is 6.54. The van der Waals surface area contributed by atoms with Gasteiger partial charge in [0.25, 0.3) is 0 Å². The summed E-state index contributed by atoms with van der Waals surface area (Å²) in [6.07, 6.45) is 0.851. The summed E-state index contributed by atoms with van der Waals surface area (Å²) < 4.78 is 17.3. The van der Waals surface area contributed by atoms with Crippen LogP contribution >= 0.6 is 11.6 Å². The van der Waals surface area contributed by atoms with Crippen LogP contribution in [0.25, 0.3) is 0 Å². The topological polar surface area (TPSA) is 48.0 Å². The predicted molar refractivity (Wildman–Crippen MR) is 91.0 cm³/mol. The Hall–Kier alpha value is -1.30. The highest BCUT2D eigenvalue weighted by Gasteiger charge is 2.47. The van der Waals surface area contributed by atoms with Crippen molar-refractivity contribution in [2.45, 2.75) is 51.0 Å². The third-order valence-corrected chi connectivity index (χ3v) is 4.66. The lowest BCUT2D eigenvalue weighted by Gasteiger charge is -2.44. The summed E-state index contributed by atoms with van der Waals surface area (Å²) in [5.74, 6) is -0.623. The SMILES string of the molecule is CC(C)(C)OC(=O)N1CCC2(CC1c1ccccc1Cl)OCCO2. The average molecular weight is 354 g/mol. The molecule has 2 aliphatic heterocycles. The van der Waals surface area contributed by atoms with E-state index in [1.807, 2.05) is 45.0 Å². The largest absolute Gasteiger partial charge is 0.444 e. The van der Waals surface area contributed by atoms with E-state index in [-0.39, 0.29) is 12.1 Å². The molecule has 0 bridgehead atoms. The van der Waals surface area contributed by atoms with Gasteiger partial charge in [0.15, 0.2) is 5.79 Å². The fourth-order valence-electron chi connectivity index (χ4n) is 3.27. The molecule has 0 N–H and O–H groups in total. The maximum absolute atomic E-state index is 12.7. The van der Waals surface area contributed by atoms with E-state index in [1.54, 1.807) is 4.90 Å². The minimum absolute atomic E-state index is 0.236. The minimum atomic E-state index is -0.623. The van der Waals surface area contributed by atoms with E-state index in [0.29, 0.717) is 37.6 Å². The van der Waals surface area contributed by atoms with Gasteiger partial charge in [0.05, 0.1) is 19.3 Å². The molecule has 2 aliphatic rings. The first-order chi connectivity index (χ1) is 11.3. The van der Waals surface area contributed by atoms with Gasteiger partial charge in [-0.1, -0.05) is 29.8 Å². The highest BCUT2D eigenvalue weighted by molar-refractivity contribution is 6.31. The summed E-state index contributed by atoms with van der Waals surface area (Å²) in [6, 6.07) is 7.34. The fourth-order valence-corrected chi connectivity index (χ4v) is 3.54. The van der Waals surface area contributed by atoms with Crippen molar-refractivity contribution in [2.24, 2.45) is 0 Å². The molecule has 2 saturated heterocycles. The maximum Gasteiger partial charge on any atom is 0.410 e. The number of benzene rings is 1. The van der Waals surface area contributed by atoms with Gasteiger partial charge in [-0.3, -0.25) is 0 Å². The van der Waals surface area contributed by atoms with Crippen molar-refractivity contribution in [1.82, 2.24) is 4.90 Å². The van der Waals surface area contributed by atoms with Crippen molar-refractivity contribution in [3.63, 3.8) is 0 Å². The molecule has 0 aromatic heterocycles. The Labute approximate surface area is 147 Å². The molecular weight excluding hydrogens is 330 g/mol. The molecule has 132 valence electrons. The van der Waals surface area contributed by atoms with E-state index in [9.17, 15) is 4.79 Å². The predicted octanol–water partition coefficient (Wildman–Crippen LogP) is 4.16. The molecule has 3 rings (SSSR count). The Kier molecular flexibility index (Phi) is 4.78. The summed E-state index contributed by atoms with van der Waals surface area (Å²) in [6.45, 7) is 7.27. The van der Waals surface area contributed by atoms with Crippen molar-refractivity contribution in [3.8, 4) is 0 Å². The quantitative estimate of drug-likeness (QED) is 0.760.